The monoisotopic (exact) mass is 261 g/mol. The fraction of sp³-hybridized carbons (Fsp3) is 0.286. The Labute approximate surface area is 110 Å². The van der Waals surface area contributed by atoms with Gasteiger partial charge in [0.2, 0.25) is 0 Å². The Morgan fingerprint density at radius 1 is 1.16 bits per heavy atom. The highest BCUT2D eigenvalue weighted by molar-refractivity contribution is 6.04. The van der Waals surface area contributed by atoms with Gasteiger partial charge in [0.05, 0.1) is 26.2 Å². The topological polar surface area (TPSA) is 57.5 Å². The van der Waals surface area contributed by atoms with E-state index in [1.54, 1.807) is 6.20 Å². The van der Waals surface area contributed by atoms with Crippen LogP contribution in [-0.4, -0.2) is 30.7 Å². The first-order chi connectivity index (χ1) is 9.17. The molecule has 0 unspecified atom stereocenters. The third kappa shape index (κ3) is 2.59. The lowest BCUT2D eigenvalue weighted by Gasteiger charge is -2.03. The van der Waals surface area contributed by atoms with E-state index in [1.807, 2.05) is 28.8 Å². The van der Waals surface area contributed by atoms with Crippen LogP contribution < -0.4 is 0 Å². The molecule has 0 aliphatic rings. The fourth-order valence-electron chi connectivity index (χ4n) is 2.02. The van der Waals surface area contributed by atoms with Gasteiger partial charge in [-0.15, -0.1) is 0 Å². The molecule has 0 saturated carbocycles. The van der Waals surface area contributed by atoms with E-state index in [2.05, 4.69) is 4.74 Å². The molecule has 0 saturated heterocycles. The predicted molar refractivity (Wildman–Crippen MR) is 69.9 cm³/mol. The van der Waals surface area contributed by atoms with Crippen molar-refractivity contribution in [2.24, 2.45) is 0 Å². The number of benzene rings is 1. The van der Waals surface area contributed by atoms with Gasteiger partial charge in [-0.1, -0.05) is 18.2 Å². The summed E-state index contributed by atoms with van der Waals surface area (Å²) in [7, 11) is 2.71. The fourth-order valence-corrected chi connectivity index (χ4v) is 2.02. The molecule has 2 rings (SSSR count). The molecule has 0 aliphatic carbocycles. The van der Waals surface area contributed by atoms with Crippen LogP contribution in [0.2, 0.25) is 0 Å². The Bertz CT molecular complexity index is 615. The van der Waals surface area contributed by atoms with Gasteiger partial charge >= 0.3 is 11.9 Å². The van der Waals surface area contributed by atoms with E-state index in [0.717, 1.165) is 10.9 Å². The number of nitrogens with zero attached hydrogens (tertiary/aromatic N) is 1. The number of hydrogen-bond donors (Lipinski definition) is 0. The minimum Gasteiger partial charge on any atom is -0.469 e. The van der Waals surface area contributed by atoms with Crippen LogP contribution in [0.3, 0.4) is 0 Å². The molecular weight excluding hydrogens is 246 g/mol. The molecule has 5 heteroatoms. The average Bonchev–Trinajstić information content (AvgIpc) is 2.83. The number of carbonyl (C=O) groups excluding carboxylic acids is 2. The Morgan fingerprint density at radius 2 is 1.89 bits per heavy atom. The number of fused-ring (bicyclic) bond motifs is 1. The van der Waals surface area contributed by atoms with E-state index in [1.165, 1.54) is 14.2 Å². The molecule has 0 amide bonds. The lowest BCUT2D eigenvalue weighted by Crippen LogP contribution is -2.06. The van der Waals surface area contributed by atoms with Crippen molar-refractivity contribution in [2.45, 2.75) is 13.0 Å². The van der Waals surface area contributed by atoms with Gasteiger partial charge in [-0.3, -0.25) is 4.79 Å². The molecule has 0 bridgehead atoms. The van der Waals surface area contributed by atoms with Crippen LogP contribution in [0, 0.1) is 0 Å². The van der Waals surface area contributed by atoms with E-state index < -0.39 is 0 Å². The van der Waals surface area contributed by atoms with Crippen LogP contribution in [0.15, 0.2) is 30.5 Å². The number of esters is 2. The third-order valence-electron chi connectivity index (χ3n) is 2.98. The first-order valence-corrected chi connectivity index (χ1v) is 5.90. The number of rotatable bonds is 4. The van der Waals surface area contributed by atoms with E-state index in [4.69, 9.17) is 4.74 Å². The van der Waals surface area contributed by atoms with Crippen LogP contribution >= 0.6 is 0 Å². The van der Waals surface area contributed by atoms with E-state index in [9.17, 15) is 9.59 Å². The minimum absolute atomic E-state index is 0.260. The maximum atomic E-state index is 11.7. The van der Waals surface area contributed by atoms with E-state index >= 15 is 0 Å². The summed E-state index contributed by atoms with van der Waals surface area (Å²) in [5.74, 6) is -0.662. The van der Waals surface area contributed by atoms with Gasteiger partial charge in [-0.2, -0.15) is 0 Å². The number of para-hydroxylation sites is 1. The zero-order valence-corrected chi connectivity index (χ0v) is 10.9. The van der Waals surface area contributed by atoms with Crippen LogP contribution in [-0.2, 0) is 20.8 Å². The van der Waals surface area contributed by atoms with Crippen molar-refractivity contribution in [1.29, 1.82) is 0 Å². The molecule has 19 heavy (non-hydrogen) atoms. The smallest absolute Gasteiger partial charge is 0.340 e. The lowest BCUT2D eigenvalue weighted by molar-refractivity contribution is -0.140. The van der Waals surface area contributed by atoms with Gasteiger partial charge in [0.15, 0.2) is 0 Å². The molecule has 5 nitrogen and oxygen atoms in total. The maximum absolute atomic E-state index is 11.7. The van der Waals surface area contributed by atoms with E-state index in [-0.39, 0.29) is 18.4 Å². The highest BCUT2D eigenvalue weighted by Gasteiger charge is 2.15. The summed E-state index contributed by atoms with van der Waals surface area (Å²) in [4.78, 5) is 22.9. The molecule has 1 aromatic heterocycles. The number of aromatic nitrogens is 1. The van der Waals surface area contributed by atoms with Gasteiger partial charge in [0, 0.05) is 23.6 Å². The van der Waals surface area contributed by atoms with Gasteiger partial charge in [-0.25, -0.2) is 4.79 Å². The minimum atomic E-state index is -0.381. The highest BCUT2D eigenvalue weighted by atomic mass is 16.5. The maximum Gasteiger partial charge on any atom is 0.340 e. The summed E-state index contributed by atoms with van der Waals surface area (Å²) in [6.07, 6.45) is 1.97. The molecule has 100 valence electrons. The predicted octanol–water partition coefficient (Wildman–Crippen LogP) is 1.99. The number of hydrogen-bond acceptors (Lipinski definition) is 4. The molecule has 2 aromatic rings. The second-order valence-electron chi connectivity index (χ2n) is 4.07. The van der Waals surface area contributed by atoms with Crippen molar-refractivity contribution in [3.05, 3.63) is 36.0 Å². The number of carbonyl (C=O) groups is 2. The molecular formula is C14H15NO4. The Kier molecular flexibility index (Phi) is 3.85. The summed E-state index contributed by atoms with van der Waals surface area (Å²) in [6, 6.07) is 7.51. The third-order valence-corrected chi connectivity index (χ3v) is 2.98. The number of aryl methyl sites for hydroxylation is 1. The van der Waals surface area contributed by atoms with Crippen molar-refractivity contribution in [2.75, 3.05) is 14.2 Å². The van der Waals surface area contributed by atoms with Crippen LogP contribution in [0.25, 0.3) is 10.9 Å². The second-order valence-corrected chi connectivity index (χ2v) is 4.07. The summed E-state index contributed by atoms with van der Waals surface area (Å²) in [5.41, 5.74) is 1.40. The molecule has 0 N–H and O–H groups in total. The number of ether oxygens (including phenoxy) is 2. The lowest BCUT2D eigenvalue weighted by atomic mass is 10.2. The number of methoxy groups -OCH3 is 2. The molecule has 0 atom stereocenters. The van der Waals surface area contributed by atoms with Crippen molar-refractivity contribution in [3.8, 4) is 0 Å². The normalized spacial score (nSPS) is 10.4. The van der Waals surface area contributed by atoms with Crippen molar-refractivity contribution < 1.29 is 19.1 Å². The first-order valence-electron chi connectivity index (χ1n) is 5.90. The summed E-state index contributed by atoms with van der Waals surface area (Å²) in [6.45, 7) is 0.462. The average molecular weight is 261 g/mol. The van der Waals surface area contributed by atoms with E-state index in [0.29, 0.717) is 12.1 Å². The van der Waals surface area contributed by atoms with Gasteiger partial charge in [0.1, 0.15) is 0 Å². The van der Waals surface area contributed by atoms with Crippen molar-refractivity contribution >= 4 is 22.8 Å². The van der Waals surface area contributed by atoms with Crippen molar-refractivity contribution in [3.63, 3.8) is 0 Å². The zero-order chi connectivity index (χ0) is 13.8. The second kappa shape index (κ2) is 5.56. The quantitative estimate of drug-likeness (QED) is 0.790. The van der Waals surface area contributed by atoms with Crippen LogP contribution in [0.4, 0.5) is 0 Å². The largest absolute Gasteiger partial charge is 0.469 e. The van der Waals surface area contributed by atoms with Crippen LogP contribution in [0.1, 0.15) is 16.8 Å². The van der Waals surface area contributed by atoms with Gasteiger partial charge < -0.3 is 14.0 Å². The summed E-state index contributed by atoms with van der Waals surface area (Å²) in [5, 5.41) is 0.819. The van der Waals surface area contributed by atoms with Crippen LogP contribution in [0.5, 0.6) is 0 Å². The molecule has 1 aromatic carbocycles. The molecule has 0 radical (unpaired) electrons. The standard InChI is InChI=1S/C14H15NO4/c1-18-13(16)7-8-15-9-11(14(17)19-2)10-5-3-4-6-12(10)15/h3-6,9H,7-8H2,1-2H3. The Morgan fingerprint density at radius 3 is 2.58 bits per heavy atom. The molecule has 1 heterocycles. The molecule has 0 fully saturated rings. The Hall–Kier alpha value is -2.30. The SMILES string of the molecule is COC(=O)CCn1cc(C(=O)OC)c2ccccc21. The highest BCUT2D eigenvalue weighted by Crippen LogP contribution is 2.22. The zero-order valence-electron chi connectivity index (χ0n) is 10.9. The summed E-state index contributed by atoms with van der Waals surface area (Å²) >= 11 is 0. The van der Waals surface area contributed by atoms with Gasteiger partial charge in [-0.05, 0) is 6.07 Å². The first kappa shape index (κ1) is 13.1. The molecule has 0 spiro atoms. The van der Waals surface area contributed by atoms with Crippen molar-refractivity contribution in [1.82, 2.24) is 4.57 Å². The van der Waals surface area contributed by atoms with Gasteiger partial charge in [0.25, 0.3) is 0 Å². The Balaban J connectivity index is 2.38. The summed E-state index contributed by atoms with van der Waals surface area (Å²) < 4.78 is 11.2. The molecule has 0 aliphatic heterocycles.